The van der Waals surface area contributed by atoms with Crippen LogP contribution < -0.4 is 5.32 Å². The summed E-state index contributed by atoms with van der Waals surface area (Å²) in [5.41, 5.74) is 1.13. The number of morpholine rings is 1. The third kappa shape index (κ3) is 4.99. The number of hydrogen-bond donors (Lipinski definition) is 1. The van der Waals surface area contributed by atoms with Crippen LogP contribution in [0.25, 0.3) is 0 Å². The average Bonchev–Trinajstić information content (AvgIpc) is 3.46. The van der Waals surface area contributed by atoms with Crippen LogP contribution in [-0.4, -0.2) is 61.1 Å². The van der Waals surface area contributed by atoms with Crippen molar-refractivity contribution < 1.29 is 23.9 Å². The number of hydrogen-bond acceptors (Lipinski definition) is 5. The zero-order chi connectivity index (χ0) is 36.2. The van der Waals surface area contributed by atoms with E-state index in [-0.39, 0.29) is 68.3 Å². The van der Waals surface area contributed by atoms with E-state index in [4.69, 9.17) is 9.47 Å². The quantitative estimate of drug-likeness (QED) is 0.234. The van der Waals surface area contributed by atoms with Gasteiger partial charge in [0.05, 0.1) is 18.6 Å². The third-order valence-electron chi connectivity index (χ3n) is 18.0. The zero-order valence-corrected chi connectivity index (χ0v) is 32.9. The lowest BCUT2D eigenvalue weighted by molar-refractivity contribution is -0.249. The number of esters is 1. The van der Waals surface area contributed by atoms with Crippen LogP contribution in [-0.2, 0) is 23.9 Å². The molecule has 6 aliphatic carbocycles. The summed E-state index contributed by atoms with van der Waals surface area (Å²) in [7, 11) is 0. The van der Waals surface area contributed by atoms with E-state index >= 15 is 0 Å². The summed E-state index contributed by atoms with van der Waals surface area (Å²) in [6.45, 7) is 27.9. The Kier molecular flexibility index (Phi) is 8.80. The second-order valence-corrected chi connectivity index (χ2v) is 20.4. The number of carbonyl (C=O) groups excluding carboxylic acids is 3. The largest absolute Gasteiger partial charge is 0.462 e. The molecule has 7 heteroatoms. The van der Waals surface area contributed by atoms with Crippen LogP contribution in [0.3, 0.4) is 0 Å². The topological polar surface area (TPSA) is 84.9 Å². The second-order valence-electron chi connectivity index (χ2n) is 20.4. The van der Waals surface area contributed by atoms with Gasteiger partial charge in [-0.05, 0) is 129 Å². The van der Waals surface area contributed by atoms with Crippen LogP contribution in [0, 0.1) is 68.0 Å². The Morgan fingerprint density at radius 2 is 1.48 bits per heavy atom. The highest BCUT2D eigenvalue weighted by Gasteiger charge is 2.72. The molecule has 2 amide bonds. The van der Waals surface area contributed by atoms with E-state index in [2.05, 4.69) is 67.3 Å². The first-order chi connectivity index (χ1) is 23.3. The second kappa shape index (κ2) is 12.1. The number of carbonyl (C=O) groups is 3. The lowest BCUT2D eigenvalue weighted by atomic mass is 9.32. The summed E-state index contributed by atoms with van der Waals surface area (Å²) in [6, 6.07) is 0.0196. The van der Waals surface area contributed by atoms with E-state index in [9.17, 15) is 14.4 Å². The van der Waals surface area contributed by atoms with Gasteiger partial charge in [-0.15, -0.1) is 0 Å². The van der Waals surface area contributed by atoms with Gasteiger partial charge in [0, 0.05) is 37.4 Å². The van der Waals surface area contributed by atoms with Crippen molar-refractivity contribution in [3.8, 4) is 0 Å². The summed E-state index contributed by atoms with van der Waals surface area (Å²) < 4.78 is 11.5. The van der Waals surface area contributed by atoms with Crippen molar-refractivity contribution in [1.29, 1.82) is 0 Å². The molecule has 0 spiro atoms. The number of ether oxygens (including phenoxy) is 2. The van der Waals surface area contributed by atoms with Crippen LogP contribution in [0.2, 0.25) is 0 Å². The number of amides is 2. The fraction of sp³-hybridized carbons (Fsp3) is 0.884. The van der Waals surface area contributed by atoms with Gasteiger partial charge in [0.15, 0.2) is 0 Å². The molecule has 0 bridgehead atoms. The number of nitrogens with one attached hydrogen (secondary N) is 1. The average molecular weight is 693 g/mol. The lowest BCUT2D eigenvalue weighted by Crippen LogP contribution is -2.68. The molecule has 0 aromatic carbocycles. The monoisotopic (exact) mass is 693 g/mol. The maximum atomic E-state index is 14.9. The van der Waals surface area contributed by atoms with E-state index in [1.54, 1.807) is 6.92 Å². The number of fused-ring (bicyclic) bond motifs is 7. The van der Waals surface area contributed by atoms with Crippen molar-refractivity contribution in [3.63, 3.8) is 0 Å². The van der Waals surface area contributed by atoms with Gasteiger partial charge in [-0.25, -0.2) is 0 Å². The fourth-order valence-electron chi connectivity index (χ4n) is 14.8. The molecular weight excluding hydrogens is 624 g/mol. The minimum Gasteiger partial charge on any atom is -0.462 e. The molecule has 50 heavy (non-hydrogen) atoms. The van der Waals surface area contributed by atoms with Crippen molar-refractivity contribution in [2.75, 3.05) is 26.3 Å². The summed E-state index contributed by atoms with van der Waals surface area (Å²) in [4.78, 5) is 42.5. The molecule has 12 atom stereocenters. The van der Waals surface area contributed by atoms with Crippen molar-refractivity contribution in [2.24, 2.45) is 68.0 Å². The predicted molar refractivity (Wildman–Crippen MR) is 196 cm³/mol. The van der Waals surface area contributed by atoms with Crippen LogP contribution in [0.4, 0.5) is 0 Å². The molecule has 7 fully saturated rings. The Morgan fingerprint density at radius 3 is 2.12 bits per heavy atom. The van der Waals surface area contributed by atoms with E-state index in [1.165, 1.54) is 31.3 Å². The molecule has 0 radical (unpaired) electrons. The van der Waals surface area contributed by atoms with Gasteiger partial charge >= 0.3 is 5.97 Å². The Morgan fingerprint density at radius 1 is 0.780 bits per heavy atom. The van der Waals surface area contributed by atoms with Gasteiger partial charge < -0.3 is 19.7 Å². The smallest absolute Gasteiger partial charge is 0.302 e. The first kappa shape index (κ1) is 36.5. The molecule has 0 aromatic rings. The minimum absolute atomic E-state index is 0.00797. The van der Waals surface area contributed by atoms with Crippen LogP contribution in [0.5, 0.6) is 0 Å². The molecule has 0 aromatic heterocycles. The normalized spacial score (nSPS) is 47.3. The first-order valence-electron chi connectivity index (χ1n) is 20.3. The molecule has 7 aliphatic rings. The molecule has 7 rings (SSSR count). The van der Waals surface area contributed by atoms with Gasteiger partial charge in [0.2, 0.25) is 11.8 Å². The van der Waals surface area contributed by atoms with Gasteiger partial charge in [-0.3, -0.25) is 14.4 Å². The molecule has 7 nitrogen and oxygen atoms in total. The number of nitrogens with zero attached hydrogens (tertiary/aromatic N) is 1. The predicted octanol–water partition coefficient (Wildman–Crippen LogP) is 7.97. The van der Waals surface area contributed by atoms with Crippen LogP contribution >= 0.6 is 0 Å². The summed E-state index contributed by atoms with van der Waals surface area (Å²) in [5, 5.41) is 3.63. The lowest BCUT2D eigenvalue weighted by Gasteiger charge is -2.73. The molecule has 1 saturated heterocycles. The third-order valence-corrected chi connectivity index (χ3v) is 18.0. The highest BCUT2D eigenvalue weighted by molar-refractivity contribution is 5.86. The summed E-state index contributed by atoms with van der Waals surface area (Å²) in [5.74, 6) is 2.61. The van der Waals surface area contributed by atoms with Gasteiger partial charge in [-0.2, -0.15) is 0 Å². The highest BCUT2D eigenvalue weighted by Crippen LogP contribution is 2.77. The van der Waals surface area contributed by atoms with E-state index in [0.29, 0.717) is 55.9 Å². The Hall–Kier alpha value is -1.89. The maximum Gasteiger partial charge on any atom is 0.302 e. The molecule has 1 unspecified atom stereocenters. The van der Waals surface area contributed by atoms with Crippen molar-refractivity contribution in [1.82, 2.24) is 10.2 Å². The summed E-state index contributed by atoms with van der Waals surface area (Å²) >= 11 is 0. The number of rotatable bonds is 5. The van der Waals surface area contributed by atoms with E-state index < -0.39 is 0 Å². The van der Waals surface area contributed by atoms with Crippen molar-refractivity contribution in [3.05, 3.63) is 12.2 Å². The zero-order valence-electron chi connectivity index (χ0n) is 32.9. The Labute approximate surface area is 302 Å². The van der Waals surface area contributed by atoms with Crippen LogP contribution in [0.15, 0.2) is 12.2 Å². The van der Waals surface area contributed by atoms with Crippen LogP contribution in [0.1, 0.15) is 133 Å². The minimum atomic E-state index is -0.364. The first-order valence-corrected chi connectivity index (χ1v) is 20.3. The molecule has 1 aliphatic heterocycles. The number of allylic oxidation sites excluding steroid dienone is 1. The molecular formula is C43H68N2O5. The van der Waals surface area contributed by atoms with Gasteiger partial charge in [0.1, 0.15) is 6.10 Å². The van der Waals surface area contributed by atoms with Crippen molar-refractivity contribution >= 4 is 17.8 Å². The Bertz CT molecular complexity index is 1420. The van der Waals surface area contributed by atoms with E-state index in [1.807, 2.05) is 4.90 Å². The molecule has 6 saturated carbocycles. The van der Waals surface area contributed by atoms with Gasteiger partial charge in [-0.1, -0.05) is 60.6 Å². The highest BCUT2D eigenvalue weighted by atomic mass is 16.5. The van der Waals surface area contributed by atoms with E-state index in [0.717, 1.165) is 44.9 Å². The van der Waals surface area contributed by atoms with Crippen molar-refractivity contribution in [2.45, 2.75) is 145 Å². The standard InChI is InChI=1S/C43H68N2O5/c1-26(2)28-13-18-43(37(48)44-33-25-30(38(33,4)5)36(47)45-21-23-49-24-22-45)20-19-41(9)29(35(28)43)11-12-32-40(8)16-15-34(50-27(3)46)39(6,7)31(40)14-17-42(32,41)10/h28-35H,1,11-25H2,2-10H3,(H,44,48)/t28-,29+,30-,31-,32+,33?,34-,35+,40-,41+,42+,43-/m0/s1. The Balaban J connectivity index is 1.14. The fourth-order valence-corrected chi connectivity index (χ4v) is 14.8. The maximum absolute atomic E-state index is 14.9. The van der Waals surface area contributed by atoms with Gasteiger partial charge in [0.25, 0.3) is 0 Å². The molecule has 280 valence electrons. The molecule has 1 N–H and O–H groups in total. The SMILES string of the molecule is C=C(C)[C@@H]1CC[C@]2(C(=O)NC3C[C@@H](C(=O)N4CCOCC4)C3(C)C)CC[C@]3(C)[C@H](CC[C@@H]4[C@@]5(C)CC[C@H](OC(C)=O)C(C)(C)[C@@H]5CC[C@]43C)[C@@H]12. The summed E-state index contributed by atoms with van der Waals surface area (Å²) in [6.07, 6.45) is 11.6. The molecule has 1 heterocycles.